The fraction of sp³-hybridized carbons (Fsp3) is 0.429. The van der Waals surface area contributed by atoms with E-state index in [2.05, 4.69) is 9.97 Å². The van der Waals surface area contributed by atoms with Crippen LogP contribution in [0.4, 0.5) is 19.0 Å². The molecule has 2 aliphatic heterocycles. The first-order valence-electron chi connectivity index (χ1n) is 10.0. The molecule has 4 heterocycles. The molecule has 2 amide bonds. The van der Waals surface area contributed by atoms with Gasteiger partial charge >= 0.3 is 6.18 Å². The molecule has 2 unspecified atom stereocenters. The van der Waals surface area contributed by atoms with Gasteiger partial charge in [-0.25, -0.2) is 9.97 Å². The first-order valence-corrected chi connectivity index (χ1v) is 10.0. The van der Waals surface area contributed by atoms with Gasteiger partial charge in [0.2, 0.25) is 5.88 Å². The lowest BCUT2D eigenvalue weighted by Crippen LogP contribution is -2.31. The van der Waals surface area contributed by atoms with E-state index in [1.807, 2.05) is 0 Å². The third kappa shape index (κ3) is 3.99. The molecule has 0 radical (unpaired) electrons. The number of ether oxygens (including phenoxy) is 1. The summed E-state index contributed by atoms with van der Waals surface area (Å²) in [5.41, 5.74) is 2.07. The van der Waals surface area contributed by atoms with Crippen LogP contribution in [0, 0.1) is 6.92 Å². The monoisotopic (exact) mass is 450 g/mol. The van der Waals surface area contributed by atoms with Crippen LogP contribution in [0.25, 0.3) is 0 Å². The van der Waals surface area contributed by atoms with Crippen molar-refractivity contribution in [2.45, 2.75) is 45.1 Å². The number of aliphatic hydroxyl groups excluding tert-OH is 1. The van der Waals surface area contributed by atoms with Crippen molar-refractivity contribution in [3.63, 3.8) is 0 Å². The highest BCUT2D eigenvalue weighted by Crippen LogP contribution is 2.36. The molecule has 32 heavy (non-hydrogen) atoms. The topological polar surface area (TPSA) is 95.9 Å². The van der Waals surface area contributed by atoms with Crippen molar-refractivity contribution in [1.29, 1.82) is 0 Å². The zero-order valence-corrected chi connectivity index (χ0v) is 17.4. The second-order valence-corrected chi connectivity index (χ2v) is 7.86. The minimum absolute atomic E-state index is 0.119. The molecule has 1 saturated heterocycles. The summed E-state index contributed by atoms with van der Waals surface area (Å²) in [4.78, 5) is 36.6. The maximum absolute atomic E-state index is 13.1. The van der Waals surface area contributed by atoms with E-state index in [1.165, 1.54) is 17.3 Å². The number of fused-ring (bicyclic) bond motifs is 1. The Labute approximate surface area is 181 Å². The van der Waals surface area contributed by atoms with Gasteiger partial charge in [0.15, 0.2) is 6.61 Å². The first kappa shape index (κ1) is 22.0. The number of nitrogens with zero attached hydrogens (tertiary/aromatic N) is 4. The number of rotatable bonds is 5. The number of carbonyl (C=O) groups excluding carboxylic acids is 2. The van der Waals surface area contributed by atoms with E-state index in [-0.39, 0.29) is 18.3 Å². The zero-order chi connectivity index (χ0) is 23.2. The number of halogens is 3. The van der Waals surface area contributed by atoms with E-state index in [0.29, 0.717) is 41.0 Å². The number of aryl methyl sites for hydroxylation is 1. The van der Waals surface area contributed by atoms with Crippen molar-refractivity contribution >= 4 is 17.6 Å². The van der Waals surface area contributed by atoms with Crippen LogP contribution in [-0.2, 0) is 11.3 Å². The second kappa shape index (κ2) is 8.05. The molecule has 0 spiro atoms. The van der Waals surface area contributed by atoms with Crippen molar-refractivity contribution in [1.82, 2.24) is 14.9 Å². The molecule has 1 fully saturated rings. The predicted octanol–water partition coefficient (Wildman–Crippen LogP) is 2.54. The fourth-order valence-electron chi connectivity index (χ4n) is 3.95. The Morgan fingerprint density at radius 2 is 2.06 bits per heavy atom. The lowest BCUT2D eigenvalue weighted by Gasteiger charge is -2.25. The minimum atomic E-state index is -4.47. The molecule has 0 saturated carbocycles. The number of anilines is 1. The Kier molecular flexibility index (Phi) is 5.53. The third-order valence-electron chi connectivity index (χ3n) is 5.66. The largest absolute Gasteiger partial charge is 0.468 e. The van der Waals surface area contributed by atoms with E-state index in [0.717, 1.165) is 0 Å². The number of pyridine rings is 2. The summed E-state index contributed by atoms with van der Waals surface area (Å²) in [5.74, 6) is -0.457. The molecule has 8 nitrogen and oxygen atoms in total. The number of aromatic nitrogens is 2. The number of hydrogen-bond acceptors (Lipinski definition) is 6. The lowest BCUT2D eigenvalue weighted by atomic mass is 10.1. The van der Waals surface area contributed by atoms with Crippen molar-refractivity contribution < 1.29 is 32.6 Å². The average molecular weight is 450 g/mol. The summed E-state index contributed by atoms with van der Waals surface area (Å²) in [6, 6.07) is 2.78. The smallest absolute Gasteiger partial charge is 0.422 e. The minimum Gasteiger partial charge on any atom is -0.468 e. The van der Waals surface area contributed by atoms with Gasteiger partial charge in [-0.15, -0.1) is 0 Å². The Morgan fingerprint density at radius 1 is 1.31 bits per heavy atom. The van der Waals surface area contributed by atoms with Gasteiger partial charge in [0, 0.05) is 42.0 Å². The Bertz CT molecular complexity index is 1080. The standard InChI is InChI=1S/C21H21F3N4O4/c1-11-7-13(8-26-18(11)32-10-21(22,23)24)12(2)28-9-15-14(19(28)30)3-5-25-17(15)27-6-4-16(29)20(27)31/h3,5,7-8,12,16,29H,4,6,9-10H2,1-2H3. The van der Waals surface area contributed by atoms with E-state index in [4.69, 9.17) is 4.74 Å². The normalized spacial score (nSPS) is 19.5. The van der Waals surface area contributed by atoms with Gasteiger partial charge in [0.25, 0.3) is 11.8 Å². The molecular formula is C21H21F3N4O4. The summed E-state index contributed by atoms with van der Waals surface area (Å²) in [5, 5.41) is 9.77. The number of carbonyl (C=O) groups is 2. The molecule has 2 aromatic rings. The molecule has 170 valence electrons. The van der Waals surface area contributed by atoms with E-state index >= 15 is 0 Å². The van der Waals surface area contributed by atoms with Gasteiger partial charge in [0.05, 0.1) is 12.6 Å². The molecule has 2 atom stereocenters. The highest BCUT2D eigenvalue weighted by Gasteiger charge is 2.39. The molecule has 1 N–H and O–H groups in total. The molecule has 2 aliphatic rings. The molecule has 4 rings (SSSR count). The van der Waals surface area contributed by atoms with Crippen molar-refractivity contribution in [3.8, 4) is 5.88 Å². The van der Waals surface area contributed by atoms with Crippen LogP contribution in [-0.4, -0.2) is 57.2 Å². The van der Waals surface area contributed by atoms with E-state index in [9.17, 15) is 27.9 Å². The summed E-state index contributed by atoms with van der Waals surface area (Å²) in [7, 11) is 0. The van der Waals surface area contributed by atoms with Gasteiger partial charge in [-0.2, -0.15) is 13.2 Å². The van der Waals surface area contributed by atoms with Gasteiger partial charge in [0.1, 0.15) is 11.9 Å². The Morgan fingerprint density at radius 3 is 2.69 bits per heavy atom. The summed E-state index contributed by atoms with van der Waals surface area (Å²) >= 11 is 0. The van der Waals surface area contributed by atoms with Crippen LogP contribution in [0.3, 0.4) is 0 Å². The van der Waals surface area contributed by atoms with Gasteiger partial charge < -0.3 is 14.7 Å². The predicted molar refractivity (Wildman–Crippen MR) is 106 cm³/mol. The molecular weight excluding hydrogens is 429 g/mol. The van der Waals surface area contributed by atoms with Crippen molar-refractivity contribution in [2.75, 3.05) is 18.1 Å². The molecule has 11 heteroatoms. The third-order valence-corrected chi connectivity index (χ3v) is 5.66. The molecule has 0 aromatic carbocycles. The van der Waals surface area contributed by atoms with E-state index in [1.54, 1.807) is 30.9 Å². The SMILES string of the molecule is Cc1cc(C(C)N2Cc3c(ccnc3N3CCC(O)C3=O)C2=O)cnc1OCC(F)(F)F. The van der Waals surface area contributed by atoms with E-state index < -0.39 is 30.8 Å². The molecule has 2 aromatic heterocycles. The highest BCUT2D eigenvalue weighted by atomic mass is 19.4. The van der Waals surface area contributed by atoms with Gasteiger partial charge in [-0.05, 0) is 31.5 Å². The lowest BCUT2D eigenvalue weighted by molar-refractivity contribution is -0.154. The summed E-state index contributed by atoms with van der Waals surface area (Å²) in [6.45, 7) is 2.45. The fourth-order valence-corrected chi connectivity index (χ4v) is 3.95. The molecule has 0 aliphatic carbocycles. The van der Waals surface area contributed by atoms with Gasteiger partial charge in [-0.1, -0.05) is 0 Å². The maximum Gasteiger partial charge on any atom is 0.422 e. The zero-order valence-electron chi connectivity index (χ0n) is 17.4. The quantitative estimate of drug-likeness (QED) is 0.752. The second-order valence-electron chi connectivity index (χ2n) is 7.86. The molecule has 0 bridgehead atoms. The summed E-state index contributed by atoms with van der Waals surface area (Å²) < 4.78 is 42.0. The van der Waals surface area contributed by atoms with Crippen LogP contribution in [0.2, 0.25) is 0 Å². The summed E-state index contributed by atoms with van der Waals surface area (Å²) in [6.07, 6.45) is -2.40. The average Bonchev–Trinajstić information content (AvgIpc) is 3.25. The van der Waals surface area contributed by atoms with Crippen LogP contribution in [0.1, 0.15) is 46.4 Å². The maximum atomic E-state index is 13.1. The van der Waals surface area contributed by atoms with Crippen LogP contribution in [0.15, 0.2) is 24.5 Å². The Balaban J connectivity index is 1.56. The van der Waals surface area contributed by atoms with Crippen LogP contribution >= 0.6 is 0 Å². The van der Waals surface area contributed by atoms with Crippen molar-refractivity contribution in [2.24, 2.45) is 0 Å². The van der Waals surface area contributed by atoms with Gasteiger partial charge in [-0.3, -0.25) is 14.5 Å². The highest BCUT2D eigenvalue weighted by molar-refractivity contribution is 6.03. The number of alkyl halides is 3. The number of amides is 2. The Hall–Kier alpha value is -3.21. The number of hydrogen-bond donors (Lipinski definition) is 1. The van der Waals surface area contributed by atoms with Crippen LogP contribution < -0.4 is 9.64 Å². The van der Waals surface area contributed by atoms with Crippen LogP contribution in [0.5, 0.6) is 5.88 Å². The first-order chi connectivity index (χ1) is 15.1. The number of aliphatic hydroxyl groups is 1. The van der Waals surface area contributed by atoms with Crippen molar-refractivity contribution in [3.05, 3.63) is 46.8 Å².